The van der Waals surface area contributed by atoms with Gasteiger partial charge in [0.2, 0.25) is 5.91 Å². The predicted molar refractivity (Wildman–Crippen MR) is 136 cm³/mol. The molecular weight excluding hydrogens is 420 g/mol. The molecule has 34 heavy (non-hydrogen) atoms. The van der Waals surface area contributed by atoms with Crippen LogP contribution in [0.25, 0.3) is 10.9 Å². The van der Waals surface area contributed by atoms with E-state index in [1.165, 1.54) is 27.6 Å². The highest BCUT2D eigenvalue weighted by Gasteiger charge is 2.30. The number of amides is 1. The molecule has 1 aliphatic heterocycles. The highest BCUT2D eigenvalue weighted by atomic mass is 16.2. The van der Waals surface area contributed by atoms with Gasteiger partial charge in [0.05, 0.1) is 6.04 Å². The lowest BCUT2D eigenvalue weighted by atomic mass is 9.94. The molecule has 0 fully saturated rings. The van der Waals surface area contributed by atoms with Crippen molar-refractivity contribution < 1.29 is 4.79 Å². The van der Waals surface area contributed by atoms with E-state index >= 15 is 0 Å². The molecule has 2 unspecified atom stereocenters. The summed E-state index contributed by atoms with van der Waals surface area (Å²) in [4.78, 5) is 17.5. The van der Waals surface area contributed by atoms with Crippen LogP contribution in [0.2, 0.25) is 0 Å². The zero-order valence-electron chi connectivity index (χ0n) is 19.9. The molecule has 0 radical (unpaired) electrons. The zero-order valence-corrected chi connectivity index (χ0v) is 19.9. The van der Waals surface area contributed by atoms with Crippen LogP contribution in [0.5, 0.6) is 0 Å². The lowest BCUT2D eigenvalue weighted by molar-refractivity contribution is -0.123. The minimum atomic E-state index is -0.278. The molecule has 0 saturated heterocycles. The summed E-state index contributed by atoms with van der Waals surface area (Å²) in [6, 6.07) is 20.6. The van der Waals surface area contributed by atoms with Crippen molar-refractivity contribution in [1.29, 1.82) is 0 Å². The summed E-state index contributed by atoms with van der Waals surface area (Å²) < 4.78 is 2.32. The van der Waals surface area contributed by atoms with Gasteiger partial charge >= 0.3 is 0 Å². The number of carbonyl (C=O) groups excluding carboxylic acids is 1. The van der Waals surface area contributed by atoms with Gasteiger partial charge in [-0.1, -0.05) is 56.3 Å². The average Bonchev–Trinajstić information content (AvgIpc) is 3.11. The van der Waals surface area contributed by atoms with Crippen LogP contribution in [0.1, 0.15) is 48.6 Å². The van der Waals surface area contributed by atoms with Gasteiger partial charge in [-0.2, -0.15) is 0 Å². The van der Waals surface area contributed by atoms with Crippen LogP contribution in [-0.4, -0.2) is 21.5 Å². The van der Waals surface area contributed by atoms with E-state index < -0.39 is 0 Å². The first-order valence-corrected chi connectivity index (χ1v) is 12.2. The van der Waals surface area contributed by atoms with Crippen LogP contribution in [0, 0.1) is 5.92 Å². The van der Waals surface area contributed by atoms with Gasteiger partial charge in [0.1, 0.15) is 0 Å². The predicted octanol–water partition coefficient (Wildman–Crippen LogP) is 5.00. The van der Waals surface area contributed by atoms with Crippen molar-refractivity contribution in [1.82, 2.24) is 20.2 Å². The summed E-state index contributed by atoms with van der Waals surface area (Å²) >= 11 is 0. The third kappa shape index (κ3) is 4.75. The minimum absolute atomic E-state index is 0.0560. The Hall–Kier alpha value is -3.44. The molecule has 174 valence electrons. The zero-order chi connectivity index (χ0) is 23.5. The van der Waals surface area contributed by atoms with Crippen LogP contribution in [0.15, 0.2) is 79.3 Å². The first kappa shape index (κ1) is 22.4. The average molecular weight is 453 g/mol. The van der Waals surface area contributed by atoms with Crippen molar-refractivity contribution in [3.63, 3.8) is 0 Å². The van der Waals surface area contributed by atoms with Crippen molar-refractivity contribution in [3.8, 4) is 0 Å². The fourth-order valence-corrected chi connectivity index (χ4v) is 5.08. The van der Waals surface area contributed by atoms with Crippen molar-refractivity contribution in [2.75, 3.05) is 0 Å². The van der Waals surface area contributed by atoms with Gasteiger partial charge in [-0.15, -0.1) is 0 Å². The molecule has 5 nitrogen and oxygen atoms in total. The molecule has 4 aromatic rings. The van der Waals surface area contributed by atoms with Gasteiger partial charge in [-0.3, -0.25) is 15.1 Å². The number of carbonyl (C=O) groups is 1. The monoisotopic (exact) mass is 452 g/mol. The van der Waals surface area contributed by atoms with E-state index in [-0.39, 0.29) is 18.0 Å². The Morgan fingerprint density at radius 1 is 1.06 bits per heavy atom. The normalized spacial score (nSPS) is 17.6. The maximum atomic E-state index is 13.3. The van der Waals surface area contributed by atoms with Gasteiger partial charge in [0.25, 0.3) is 0 Å². The molecule has 5 rings (SSSR count). The summed E-state index contributed by atoms with van der Waals surface area (Å²) in [6.07, 6.45) is 7.58. The highest BCUT2D eigenvalue weighted by molar-refractivity contribution is 5.90. The highest BCUT2D eigenvalue weighted by Crippen LogP contribution is 2.36. The van der Waals surface area contributed by atoms with Crippen molar-refractivity contribution in [2.45, 2.75) is 51.9 Å². The van der Waals surface area contributed by atoms with Crippen LogP contribution in [0.3, 0.4) is 0 Å². The molecule has 0 aliphatic carbocycles. The van der Waals surface area contributed by atoms with Crippen LogP contribution >= 0.6 is 0 Å². The van der Waals surface area contributed by atoms with Gasteiger partial charge in [-0.25, -0.2) is 0 Å². The van der Waals surface area contributed by atoms with Gasteiger partial charge in [0, 0.05) is 48.6 Å². The Kier molecular flexibility index (Phi) is 6.45. The molecule has 3 heterocycles. The number of hydrogen-bond donors (Lipinski definition) is 2. The van der Waals surface area contributed by atoms with Crippen LogP contribution < -0.4 is 10.6 Å². The third-order valence-corrected chi connectivity index (χ3v) is 6.65. The Morgan fingerprint density at radius 3 is 2.62 bits per heavy atom. The molecule has 1 amide bonds. The summed E-state index contributed by atoms with van der Waals surface area (Å²) in [5.74, 6) is 0.571. The lowest BCUT2D eigenvalue weighted by Gasteiger charge is -2.25. The van der Waals surface area contributed by atoms with E-state index in [1.807, 2.05) is 42.7 Å². The van der Waals surface area contributed by atoms with Crippen LogP contribution in [0.4, 0.5) is 0 Å². The molecule has 2 aromatic heterocycles. The number of nitrogens with one attached hydrogen (secondary N) is 2. The number of pyridine rings is 1. The quantitative estimate of drug-likeness (QED) is 0.415. The van der Waals surface area contributed by atoms with E-state index in [2.05, 4.69) is 70.6 Å². The van der Waals surface area contributed by atoms with Crippen LogP contribution in [-0.2, 0) is 24.3 Å². The molecule has 1 aliphatic rings. The summed E-state index contributed by atoms with van der Waals surface area (Å²) in [7, 11) is 0. The number of hydrogen-bond acceptors (Lipinski definition) is 3. The largest absolute Gasteiger partial charge is 0.351 e. The molecule has 0 saturated carbocycles. The Labute approximate surface area is 201 Å². The number of aromatic nitrogens is 2. The summed E-state index contributed by atoms with van der Waals surface area (Å²) in [5, 5.41) is 8.18. The Balaban J connectivity index is 1.48. The first-order valence-electron chi connectivity index (χ1n) is 12.2. The van der Waals surface area contributed by atoms with Crippen molar-refractivity contribution in [3.05, 3.63) is 102 Å². The number of nitrogens with zero attached hydrogens (tertiary/aromatic N) is 2. The SMILES string of the molecule is CC(C)CC1NC(C(=O)NCc2ccccc2)Cc2cn(Cc3ccncc3)c3cccc1c23. The molecule has 2 N–H and O–H groups in total. The maximum absolute atomic E-state index is 13.3. The maximum Gasteiger partial charge on any atom is 0.237 e. The standard InChI is InChI=1S/C29H32N4O/c1-20(2)15-25-24-9-6-10-27-28(24)23(19-33(27)18-22-11-13-30-14-12-22)16-26(32-25)29(34)31-17-21-7-4-3-5-8-21/h3-14,19-20,25-26,32H,15-18H2,1-2H3,(H,31,34). The second-order valence-corrected chi connectivity index (χ2v) is 9.69. The molecule has 2 atom stereocenters. The molecular formula is C29H32N4O. The molecule has 2 aromatic carbocycles. The van der Waals surface area contributed by atoms with Crippen molar-refractivity contribution in [2.24, 2.45) is 5.92 Å². The number of benzene rings is 2. The van der Waals surface area contributed by atoms with Crippen molar-refractivity contribution >= 4 is 16.8 Å². The Morgan fingerprint density at radius 2 is 1.85 bits per heavy atom. The number of rotatable bonds is 7. The topological polar surface area (TPSA) is 59.0 Å². The minimum Gasteiger partial charge on any atom is -0.351 e. The second kappa shape index (κ2) is 9.82. The van der Waals surface area contributed by atoms with E-state index in [1.54, 1.807) is 0 Å². The molecule has 0 spiro atoms. The van der Waals surface area contributed by atoms with E-state index in [0.717, 1.165) is 18.5 Å². The fourth-order valence-electron chi connectivity index (χ4n) is 5.08. The fraction of sp³-hybridized carbons (Fsp3) is 0.310. The van der Waals surface area contributed by atoms with Gasteiger partial charge in [-0.05, 0) is 59.2 Å². The molecule has 5 heteroatoms. The lowest BCUT2D eigenvalue weighted by Crippen LogP contribution is -2.46. The van der Waals surface area contributed by atoms with Gasteiger partial charge < -0.3 is 9.88 Å². The summed E-state index contributed by atoms with van der Waals surface area (Å²) in [5.41, 5.74) is 6.09. The third-order valence-electron chi connectivity index (χ3n) is 6.65. The first-order chi connectivity index (χ1) is 16.6. The second-order valence-electron chi connectivity index (χ2n) is 9.69. The van der Waals surface area contributed by atoms with E-state index in [4.69, 9.17) is 0 Å². The smallest absolute Gasteiger partial charge is 0.237 e. The summed E-state index contributed by atoms with van der Waals surface area (Å²) in [6.45, 7) is 5.81. The molecule has 0 bridgehead atoms. The van der Waals surface area contributed by atoms with Gasteiger partial charge in [0.15, 0.2) is 0 Å². The van der Waals surface area contributed by atoms with E-state index in [0.29, 0.717) is 18.9 Å². The van der Waals surface area contributed by atoms with E-state index in [9.17, 15) is 4.79 Å². The Bertz CT molecular complexity index is 1260.